The number of thioether (sulfide) groups is 1. The van der Waals surface area contributed by atoms with Crippen molar-refractivity contribution in [3.8, 4) is 0 Å². The molecule has 0 unspecified atom stereocenters. The molecular formula is C11H17N5OS. The molecule has 3 N–H and O–H groups in total. The summed E-state index contributed by atoms with van der Waals surface area (Å²) >= 11 is 1.88. The lowest BCUT2D eigenvalue weighted by Gasteiger charge is -2.37. The summed E-state index contributed by atoms with van der Waals surface area (Å²) < 4.78 is 0.0884. The molecule has 2 rings (SSSR count). The maximum Gasteiger partial charge on any atom is 0.274 e. The quantitative estimate of drug-likeness (QED) is 0.607. The first-order valence-corrected chi connectivity index (χ1v) is 6.72. The summed E-state index contributed by atoms with van der Waals surface area (Å²) in [6.45, 7) is 5.74. The summed E-state index contributed by atoms with van der Waals surface area (Å²) in [6, 6.07) is 0. The third-order valence-corrected chi connectivity index (χ3v) is 4.01. The van der Waals surface area contributed by atoms with E-state index >= 15 is 0 Å². The summed E-state index contributed by atoms with van der Waals surface area (Å²) in [7, 11) is 0. The minimum Gasteiger partial charge on any atom is -0.335 e. The van der Waals surface area contributed by atoms with Crippen LogP contribution in [0.2, 0.25) is 0 Å². The SMILES string of the molecule is CC1(C)CN(C(=O)c2cncc(NN)n2)CCS1. The van der Waals surface area contributed by atoms with Gasteiger partial charge >= 0.3 is 0 Å². The Balaban J connectivity index is 2.15. The smallest absolute Gasteiger partial charge is 0.274 e. The maximum absolute atomic E-state index is 12.3. The molecule has 0 aromatic carbocycles. The Morgan fingerprint density at radius 3 is 3.00 bits per heavy atom. The normalized spacial score (nSPS) is 18.5. The molecule has 1 aromatic rings. The molecule has 0 saturated carbocycles. The molecule has 1 aromatic heterocycles. The van der Waals surface area contributed by atoms with Crippen molar-refractivity contribution in [2.24, 2.45) is 5.84 Å². The van der Waals surface area contributed by atoms with Crippen molar-refractivity contribution >= 4 is 23.5 Å². The van der Waals surface area contributed by atoms with E-state index in [0.29, 0.717) is 11.5 Å². The van der Waals surface area contributed by atoms with E-state index in [1.807, 2.05) is 16.7 Å². The van der Waals surface area contributed by atoms with Gasteiger partial charge in [0.25, 0.3) is 5.91 Å². The lowest BCUT2D eigenvalue weighted by Crippen LogP contribution is -2.46. The topological polar surface area (TPSA) is 84.1 Å². The summed E-state index contributed by atoms with van der Waals surface area (Å²) in [6.07, 6.45) is 2.95. The molecule has 0 bridgehead atoms. The van der Waals surface area contributed by atoms with Gasteiger partial charge in [-0.05, 0) is 13.8 Å². The number of rotatable bonds is 2. The third kappa shape index (κ3) is 2.91. The number of carbonyl (C=O) groups is 1. The molecule has 18 heavy (non-hydrogen) atoms. The zero-order chi connectivity index (χ0) is 13.2. The molecule has 1 aliphatic heterocycles. The number of hydrazine groups is 1. The molecule has 0 atom stereocenters. The van der Waals surface area contributed by atoms with Crippen LogP contribution in [0.4, 0.5) is 5.82 Å². The fourth-order valence-corrected chi connectivity index (χ4v) is 3.00. The van der Waals surface area contributed by atoms with Gasteiger partial charge in [-0.15, -0.1) is 0 Å². The van der Waals surface area contributed by atoms with Crippen LogP contribution in [0.25, 0.3) is 0 Å². The minimum atomic E-state index is -0.0898. The number of nitrogens with two attached hydrogens (primary N) is 1. The van der Waals surface area contributed by atoms with Gasteiger partial charge in [0.15, 0.2) is 5.82 Å². The Morgan fingerprint density at radius 2 is 2.33 bits per heavy atom. The lowest BCUT2D eigenvalue weighted by molar-refractivity contribution is 0.0742. The molecule has 1 amide bonds. The van der Waals surface area contributed by atoms with Crippen LogP contribution in [0.5, 0.6) is 0 Å². The van der Waals surface area contributed by atoms with Gasteiger partial charge in [-0.1, -0.05) is 0 Å². The molecule has 0 spiro atoms. The Hall–Kier alpha value is -1.34. The van der Waals surface area contributed by atoms with E-state index in [4.69, 9.17) is 5.84 Å². The van der Waals surface area contributed by atoms with Crippen molar-refractivity contribution in [3.05, 3.63) is 18.1 Å². The zero-order valence-corrected chi connectivity index (χ0v) is 11.3. The van der Waals surface area contributed by atoms with Gasteiger partial charge in [0.1, 0.15) is 5.69 Å². The third-order valence-electron chi connectivity index (χ3n) is 2.71. The highest BCUT2D eigenvalue weighted by Crippen LogP contribution is 2.29. The van der Waals surface area contributed by atoms with Gasteiger partial charge in [-0.2, -0.15) is 11.8 Å². The van der Waals surface area contributed by atoms with E-state index in [-0.39, 0.29) is 10.7 Å². The number of carbonyl (C=O) groups excluding carboxylic acids is 1. The first-order valence-electron chi connectivity index (χ1n) is 5.74. The molecule has 0 aliphatic carbocycles. The largest absolute Gasteiger partial charge is 0.335 e. The van der Waals surface area contributed by atoms with Crippen LogP contribution in [0.15, 0.2) is 12.4 Å². The van der Waals surface area contributed by atoms with E-state index in [9.17, 15) is 4.79 Å². The average Bonchev–Trinajstić information content (AvgIpc) is 2.37. The van der Waals surface area contributed by atoms with E-state index in [1.54, 1.807) is 0 Å². The highest BCUT2D eigenvalue weighted by atomic mass is 32.2. The number of nitrogen functional groups attached to an aromatic ring is 1. The van der Waals surface area contributed by atoms with Crippen LogP contribution in [0.3, 0.4) is 0 Å². The molecule has 6 nitrogen and oxygen atoms in total. The summed E-state index contributed by atoms with van der Waals surface area (Å²) in [5.74, 6) is 6.51. The summed E-state index contributed by atoms with van der Waals surface area (Å²) in [4.78, 5) is 22.2. The molecular weight excluding hydrogens is 250 g/mol. The van der Waals surface area contributed by atoms with E-state index in [2.05, 4.69) is 29.2 Å². The van der Waals surface area contributed by atoms with Gasteiger partial charge in [-0.25, -0.2) is 10.8 Å². The fourth-order valence-electron chi connectivity index (χ4n) is 1.89. The first kappa shape index (κ1) is 13.1. The van der Waals surface area contributed by atoms with Crippen LogP contribution < -0.4 is 11.3 Å². The van der Waals surface area contributed by atoms with Gasteiger partial charge in [0.2, 0.25) is 0 Å². The molecule has 7 heteroatoms. The van der Waals surface area contributed by atoms with Crippen molar-refractivity contribution < 1.29 is 4.79 Å². The van der Waals surface area contributed by atoms with Crippen molar-refractivity contribution in [1.82, 2.24) is 14.9 Å². The standard InChI is InChI=1S/C11H17N5OS/c1-11(2)7-16(3-4-18-11)10(17)8-5-13-6-9(14-8)15-12/h5-6H,3-4,7,12H2,1-2H3,(H,14,15). The second kappa shape index (κ2) is 5.11. The average molecular weight is 267 g/mol. The number of aromatic nitrogens is 2. The first-order chi connectivity index (χ1) is 8.52. The molecule has 1 aliphatic rings. The van der Waals surface area contributed by atoms with E-state index in [1.165, 1.54) is 12.4 Å². The summed E-state index contributed by atoms with van der Waals surface area (Å²) in [5.41, 5.74) is 2.72. The van der Waals surface area contributed by atoms with Crippen LogP contribution in [0, 0.1) is 0 Å². The molecule has 98 valence electrons. The number of nitrogens with zero attached hydrogens (tertiary/aromatic N) is 3. The molecule has 1 saturated heterocycles. The van der Waals surface area contributed by atoms with Gasteiger partial charge in [0.05, 0.1) is 12.4 Å². The highest BCUT2D eigenvalue weighted by Gasteiger charge is 2.30. The van der Waals surface area contributed by atoms with Crippen LogP contribution in [-0.2, 0) is 0 Å². The minimum absolute atomic E-state index is 0.0884. The van der Waals surface area contributed by atoms with Crippen LogP contribution >= 0.6 is 11.8 Å². The summed E-state index contributed by atoms with van der Waals surface area (Å²) in [5, 5.41) is 0. The van der Waals surface area contributed by atoms with E-state index < -0.39 is 0 Å². The van der Waals surface area contributed by atoms with Gasteiger partial charge in [-0.3, -0.25) is 9.78 Å². The maximum atomic E-state index is 12.3. The number of hydrogen-bond donors (Lipinski definition) is 2. The zero-order valence-electron chi connectivity index (χ0n) is 10.5. The Kier molecular flexibility index (Phi) is 3.72. The number of amides is 1. The Labute approximate surface area is 110 Å². The van der Waals surface area contributed by atoms with Crippen LogP contribution in [0.1, 0.15) is 24.3 Å². The monoisotopic (exact) mass is 267 g/mol. The number of hydrogen-bond acceptors (Lipinski definition) is 6. The van der Waals surface area contributed by atoms with E-state index in [0.717, 1.165) is 18.8 Å². The molecule has 2 heterocycles. The van der Waals surface area contributed by atoms with Crippen molar-refractivity contribution in [2.45, 2.75) is 18.6 Å². The highest BCUT2D eigenvalue weighted by molar-refractivity contribution is 8.00. The van der Waals surface area contributed by atoms with Crippen molar-refractivity contribution in [1.29, 1.82) is 0 Å². The molecule has 0 radical (unpaired) electrons. The Morgan fingerprint density at radius 1 is 1.56 bits per heavy atom. The number of nitrogens with one attached hydrogen (secondary N) is 1. The Bertz CT molecular complexity index is 451. The predicted molar refractivity (Wildman–Crippen MR) is 72.3 cm³/mol. The fraction of sp³-hybridized carbons (Fsp3) is 0.545. The second-order valence-electron chi connectivity index (χ2n) is 4.77. The lowest BCUT2D eigenvalue weighted by atomic mass is 10.2. The van der Waals surface area contributed by atoms with Gasteiger partial charge < -0.3 is 10.3 Å². The number of anilines is 1. The van der Waals surface area contributed by atoms with Crippen molar-refractivity contribution in [2.75, 3.05) is 24.3 Å². The van der Waals surface area contributed by atoms with Crippen LogP contribution in [-0.4, -0.2) is 44.4 Å². The van der Waals surface area contributed by atoms with Crippen molar-refractivity contribution in [3.63, 3.8) is 0 Å². The molecule has 1 fully saturated rings. The predicted octanol–water partition coefficient (Wildman–Crippen LogP) is 0.730. The second-order valence-corrected chi connectivity index (χ2v) is 6.57. The van der Waals surface area contributed by atoms with Gasteiger partial charge in [0, 0.05) is 23.6 Å².